The number of aliphatic hydroxyl groups is 1. The van der Waals surface area contributed by atoms with E-state index in [1.165, 1.54) is 18.4 Å². The van der Waals surface area contributed by atoms with Gasteiger partial charge < -0.3 is 25.6 Å². The monoisotopic (exact) mass is 518 g/mol. The molecule has 1 spiro atoms. The minimum Gasteiger partial charge on any atom is -0.490 e. The lowest BCUT2D eigenvalue weighted by Crippen LogP contribution is -2.58. The van der Waals surface area contributed by atoms with Gasteiger partial charge in [0.2, 0.25) is 0 Å². The van der Waals surface area contributed by atoms with Crippen LogP contribution in [0.15, 0.2) is 42.7 Å². The van der Waals surface area contributed by atoms with E-state index in [9.17, 15) is 14.7 Å². The van der Waals surface area contributed by atoms with E-state index >= 15 is 0 Å². The summed E-state index contributed by atoms with van der Waals surface area (Å²) in [6.07, 6.45) is 9.35. The van der Waals surface area contributed by atoms with Gasteiger partial charge in [-0.15, -0.1) is 0 Å². The lowest BCUT2D eigenvalue weighted by atomic mass is 9.53. The molecule has 3 aromatic rings. The van der Waals surface area contributed by atoms with Crippen molar-refractivity contribution in [2.24, 2.45) is 11.1 Å². The van der Waals surface area contributed by atoms with E-state index in [4.69, 9.17) is 15.2 Å². The van der Waals surface area contributed by atoms with Crippen LogP contribution >= 0.6 is 0 Å². The second-order valence-corrected chi connectivity index (χ2v) is 12.0. The van der Waals surface area contributed by atoms with E-state index in [0.29, 0.717) is 34.1 Å². The number of nitrogens with zero attached hydrogens (tertiary/aromatic N) is 2. The largest absolute Gasteiger partial charge is 0.490 e. The third-order valence-corrected chi connectivity index (χ3v) is 7.95. The molecule has 0 saturated heterocycles. The third-order valence-electron chi connectivity index (χ3n) is 7.95. The first-order valence-corrected chi connectivity index (χ1v) is 13.3. The molecule has 1 aromatic carbocycles. The van der Waals surface area contributed by atoms with Crippen molar-refractivity contribution < 1.29 is 24.2 Å². The Morgan fingerprint density at radius 1 is 1.16 bits per heavy atom. The number of benzene rings is 1. The SMILES string of the molecule is CC(C)(O)COc1ccc2c(C(=O)NC3CC4(C3)CC(Oc3cc(C5CC5)ccc3C(N)=O)C4)cnn2c1. The number of hydrogen-bond acceptors (Lipinski definition) is 6. The number of hydrogen-bond donors (Lipinski definition) is 3. The predicted molar refractivity (Wildman–Crippen MR) is 140 cm³/mol. The second kappa shape index (κ2) is 9.01. The Morgan fingerprint density at radius 3 is 2.61 bits per heavy atom. The molecule has 200 valence electrons. The molecule has 38 heavy (non-hydrogen) atoms. The maximum absolute atomic E-state index is 13.0. The molecular weight excluding hydrogens is 484 g/mol. The molecule has 3 aliphatic carbocycles. The molecule has 6 rings (SSSR count). The Balaban J connectivity index is 1.02. The van der Waals surface area contributed by atoms with Crippen molar-refractivity contribution in [2.45, 2.75) is 76.0 Å². The van der Waals surface area contributed by atoms with E-state index in [0.717, 1.165) is 25.7 Å². The Labute approximate surface area is 221 Å². The highest BCUT2D eigenvalue weighted by molar-refractivity contribution is 6.00. The molecule has 0 radical (unpaired) electrons. The molecular formula is C29H34N4O5. The smallest absolute Gasteiger partial charge is 0.255 e. The van der Waals surface area contributed by atoms with Gasteiger partial charge in [0.05, 0.1) is 40.7 Å². The summed E-state index contributed by atoms with van der Waals surface area (Å²) in [5.74, 6) is 1.14. The Kier molecular flexibility index (Phi) is 5.86. The lowest BCUT2D eigenvalue weighted by Gasteiger charge is -2.57. The van der Waals surface area contributed by atoms with Crippen LogP contribution in [-0.2, 0) is 0 Å². The first-order valence-electron chi connectivity index (χ1n) is 13.3. The van der Waals surface area contributed by atoms with Crippen molar-refractivity contribution in [2.75, 3.05) is 6.61 Å². The van der Waals surface area contributed by atoms with Gasteiger partial charge in [0.1, 0.15) is 18.1 Å². The number of carbonyl (C=O) groups excluding carboxylic acids is 2. The molecule has 0 atom stereocenters. The average molecular weight is 519 g/mol. The van der Waals surface area contributed by atoms with Gasteiger partial charge >= 0.3 is 0 Å². The number of fused-ring (bicyclic) bond motifs is 1. The number of primary amides is 1. The van der Waals surface area contributed by atoms with Crippen LogP contribution in [0.4, 0.5) is 0 Å². The van der Waals surface area contributed by atoms with Crippen LogP contribution < -0.4 is 20.5 Å². The molecule has 0 unspecified atom stereocenters. The lowest BCUT2D eigenvalue weighted by molar-refractivity contribution is -0.0834. The zero-order valence-electron chi connectivity index (χ0n) is 21.8. The number of carbonyl (C=O) groups is 2. The van der Waals surface area contributed by atoms with Crippen molar-refractivity contribution in [1.82, 2.24) is 14.9 Å². The quantitative estimate of drug-likeness (QED) is 0.397. The van der Waals surface area contributed by atoms with Gasteiger partial charge in [-0.25, -0.2) is 4.52 Å². The molecule has 2 heterocycles. The van der Waals surface area contributed by atoms with Gasteiger partial charge in [0.15, 0.2) is 0 Å². The van der Waals surface area contributed by atoms with E-state index in [2.05, 4.69) is 10.4 Å². The van der Waals surface area contributed by atoms with Crippen molar-refractivity contribution in [1.29, 1.82) is 0 Å². The van der Waals surface area contributed by atoms with Crippen molar-refractivity contribution in [3.63, 3.8) is 0 Å². The number of nitrogens with two attached hydrogens (primary N) is 1. The Hall–Kier alpha value is -3.59. The molecule has 0 aliphatic heterocycles. The highest BCUT2D eigenvalue weighted by Gasteiger charge is 2.54. The summed E-state index contributed by atoms with van der Waals surface area (Å²) in [5, 5.41) is 17.3. The number of pyridine rings is 1. The second-order valence-electron chi connectivity index (χ2n) is 12.0. The molecule has 0 bridgehead atoms. The van der Waals surface area contributed by atoms with Crippen LogP contribution in [-0.4, -0.2) is 50.9 Å². The molecule has 9 heteroatoms. The molecule has 2 aromatic heterocycles. The number of ether oxygens (including phenoxy) is 2. The topological polar surface area (TPSA) is 128 Å². The summed E-state index contributed by atoms with van der Waals surface area (Å²) in [4.78, 5) is 24.9. The highest BCUT2D eigenvalue weighted by Crippen LogP contribution is 2.57. The standard InChI is InChI=1S/C29H34N4O5/c1-28(2,36)16-37-20-6-8-24-23(14-31-33(24)15-20)27(35)32-19-10-29(11-19)12-21(13-29)38-25-9-18(17-3-4-17)5-7-22(25)26(30)34/h5-9,14-15,17,19,21,36H,3-4,10-13,16H2,1-2H3,(H2,30,34)(H,32,35). The molecule has 4 N–H and O–H groups in total. The first-order chi connectivity index (χ1) is 18.1. The van der Waals surface area contributed by atoms with Crippen LogP contribution in [0.2, 0.25) is 0 Å². The Bertz CT molecular complexity index is 1390. The molecule has 2 amide bonds. The first kappa shape index (κ1) is 24.7. The number of nitrogens with one attached hydrogen (secondary N) is 1. The van der Waals surface area contributed by atoms with Crippen molar-refractivity contribution in [3.05, 3.63) is 59.4 Å². The highest BCUT2D eigenvalue weighted by atomic mass is 16.5. The van der Waals surface area contributed by atoms with Gasteiger partial charge in [-0.1, -0.05) is 6.07 Å². The summed E-state index contributed by atoms with van der Waals surface area (Å²) in [6.45, 7) is 3.51. The van der Waals surface area contributed by atoms with E-state index in [1.54, 1.807) is 49.0 Å². The molecule has 3 aliphatic rings. The predicted octanol–water partition coefficient (Wildman–Crippen LogP) is 3.58. The summed E-state index contributed by atoms with van der Waals surface area (Å²) in [7, 11) is 0. The van der Waals surface area contributed by atoms with E-state index in [-0.39, 0.29) is 30.1 Å². The number of rotatable bonds is 9. The summed E-state index contributed by atoms with van der Waals surface area (Å²) in [6, 6.07) is 9.46. The fourth-order valence-corrected chi connectivity index (χ4v) is 5.85. The van der Waals surface area contributed by atoms with Gasteiger partial charge in [-0.05, 0) is 93.5 Å². The van der Waals surface area contributed by atoms with Crippen LogP contribution in [0.3, 0.4) is 0 Å². The van der Waals surface area contributed by atoms with Crippen LogP contribution in [0, 0.1) is 5.41 Å². The fraction of sp³-hybridized carbons (Fsp3) is 0.483. The van der Waals surface area contributed by atoms with Crippen molar-refractivity contribution in [3.8, 4) is 11.5 Å². The van der Waals surface area contributed by atoms with E-state index in [1.807, 2.05) is 12.1 Å². The van der Waals surface area contributed by atoms with Crippen LogP contribution in [0.25, 0.3) is 5.52 Å². The van der Waals surface area contributed by atoms with Gasteiger partial charge in [0, 0.05) is 6.04 Å². The molecule has 3 fully saturated rings. The summed E-state index contributed by atoms with van der Waals surface area (Å²) < 4.78 is 13.5. The van der Waals surface area contributed by atoms with E-state index < -0.39 is 11.5 Å². The van der Waals surface area contributed by atoms with Crippen LogP contribution in [0.1, 0.15) is 84.6 Å². The van der Waals surface area contributed by atoms with Crippen molar-refractivity contribution >= 4 is 17.3 Å². The minimum absolute atomic E-state index is 0.0617. The minimum atomic E-state index is -0.940. The summed E-state index contributed by atoms with van der Waals surface area (Å²) >= 11 is 0. The molecule has 9 nitrogen and oxygen atoms in total. The van der Waals surface area contributed by atoms with Crippen LogP contribution in [0.5, 0.6) is 11.5 Å². The maximum atomic E-state index is 13.0. The third kappa shape index (κ3) is 4.95. The normalized spacial score (nSPS) is 24.5. The maximum Gasteiger partial charge on any atom is 0.255 e. The summed E-state index contributed by atoms with van der Waals surface area (Å²) in [5.41, 5.74) is 7.71. The zero-order valence-corrected chi connectivity index (χ0v) is 21.8. The zero-order chi connectivity index (χ0) is 26.7. The Morgan fingerprint density at radius 2 is 1.92 bits per heavy atom. The van der Waals surface area contributed by atoms with Gasteiger partial charge in [-0.2, -0.15) is 5.10 Å². The van der Waals surface area contributed by atoms with Gasteiger partial charge in [0.25, 0.3) is 11.8 Å². The van der Waals surface area contributed by atoms with Gasteiger partial charge in [-0.3, -0.25) is 9.59 Å². The fourth-order valence-electron chi connectivity index (χ4n) is 5.85. The average Bonchev–Trinajstić information content (AvgIpc) is 3.58. The number of amides is 2. The number of aromatic nitrogens is 2. The molecule has 3 saturated carbocycles.